The van der Waals surface area contributed by atoms with Crippen LogP contribution in [0.15, 0.2) is 18.2 Å². The third-order valence-electron chi connectivity index (χ3n) is 1.86. The van der Waals surface area contributed by atoms with E-state index in [4.69, 9.17) is 0 Å². The van der Waals surface area contributed by atoms with E-state index in [1.54, 1.807) is 0 Å². The molecule has 0 bridgehead atoms. The second kappa shape index (κ2) is 3.40. The molecule has 0 fully saturated rings. The van der Waals surface area contributed by atoms with E-state index >= 15 is 0 Å². The molecule has 0 N–H and O–H groups in total. The first-order valence-corrected chi connectivity index (χ1v) is 4.74. The lowest BCUT2D eigenvalue weighted by atomic mass is 10.0. The lowest BCUT2D eigenvalue weighted by molar-refractivity contribution is 1.09. The zero-order valence-electron chi connectivity index (χ0n) is 7.19. The summed E-state index contributed by atoms with van der Waals surface area (Å²) in [5, 5.41) is 0. The highest BCUT2D eigenvalue weighted by Crippen LogP contribution is 2.25. The minimum absolute atomic E-state index is 0.461. The van der Waals surface area contributed by atoms with Gasteiger partial charge >= 0.3 is 0 Å². The van der Waals surface area contributed by atoms with Crippen LogP contribution in [0.25, 0.3) is 0 Å². The number of hydrogen-bond donors (Lipinski definition) is 0. The topological polar surface area (TPSA) is 0 Å². The molecule has 0 amide bonds. The van der Waals surface area contributed by atoms with Crippen LogP contribution in [0.5, 0.6) is 0 Å². The maximum atomic E-state index is 3.57. The Labute approximate surface area is 76.8 Å². The molecule has 0 spiro atoms. The van der Waals surface area contributed by atoms with Crippen LogP contribution in [0.3, 0.4) is 0 Å². The molecule has 60 valence electrons. The summed E-state index contributed by atoms with van der Waals surface area (Å²) in [6.45, 7) is 6.42. The average molecular weight is 212 g/mol. The summed E-state index contributed by atoms with van der Waals surface area (Å²) in [6.07, 6.45) is 0. The quantitative estimate of drug-likeness (QED) is 0.621. The molecular weight excluding hydrogens is 199 g/mol. The third-order valence-corrected chi connectivity index (χ3v) is 2.36. The number of benzene rings is 1. The van der Waals surface area contributed by atoms with E-state index in [1.165, 1.54) is 16.7 Å². The Morgan fingerprint density at radius 2 is 1.91 bits per heavy atom. The van der Waals surface area contributed by atoms with Crippen molar-refractivity contribution in [3.63, 3.8) is 0 Å². The number of aryl methyl sites for hydroxylation is 2. The van der Waals surface area contributed by atoms with E-state index in [0.29, 0.717) is 4.83 Å². The molecule has 11 heavy (non-hydrogen) atoms. The fraction of sp³-hybridized carbons (Fsp3) is 0.400. The first-order valence-electron chi connectivity index (χ1n) is 3.82. The molecule has 0 aliphatic carbocycles. The van der Waals surface area contributed by atoms with Gasteiger partial charge in [0.15, 0.2) is 0 Å². The molecule has 0 saturated carbocycles. The Balaban J connectivity index is 3.13. The summed E-state index contributed by atoms with van der Waals surface area (Å²) in [7, 11) is 0. The van der Waals surface area contributed by atoms with Crippen LogP contribution in [0.4, 0.5) is 0 Å². The van der Waals surface area contributed by atoms with Crippen molar-refractivity contribution in [2.45, 2.75) is 25.6 Å². The second-order valence-electron chi connectivity index (χ2n) is 2.98. The predicted molar refractivity (Wildman–Crippen MR) is 53.3 cm³/mol. The van der Waals surface area contributed by atoms with Gasteiger partial charge in [-0.05, 0) is 31.9 Å². The Bertz CT molecular complexity index is 251. The Kier molecular flexibility index (Phi) is 2.72. The number of halogens is 1. The molecule has 1 aromatic carbocycles. The third kappa shape index (κ3) is 2.06. The van der Waals surface area contributed by atoms with Crippen molar-refractivity contribution in [2.75, 3.05) is 0 Å². The van der Waals surface area contributed by atoms with Crippen LogP contribution < -0.4 is 0 Å². The van der Waals surface area contributed by atoms with Crippen molar-refractivity contribution in [1.29, 1.82) is 0 Å². The van der Waals surface area contributed by atoms with Crippen molar-refractivity contribution in [3.05, 3.63) is 34.9 Å². The molecule has 0 aromatic heterocycles. The molecule has 0 heterocycles. The minimum Gasteiger partial charge on any atom is -0.0842 e. The summed E-state index contributed by atoms with van der Waals surface area (Å²) in [5.41, 5.74) is 4.09. The molecule has 1 aromatic rings. The van der Waals surface area contributed by atoms with Gasteiger partial charge in [-0.1, -0.05) is 39.7 Å². The van der Waals surface area contributed by atoms with Crippen LogP contribution in [-0.4, -0.2) is 0 Å². The van der Waals surface area contributed by atoms with Crippen molar-refractivity contribution < 1.29 is 0 Å². The van der Waals surface area contributed by atoms with Gasteiger partial charge in [0.1, 0.15) is 0 Å². The lowest BCUT2D eigenvalue weighted by Gasteiger charge is -2.08. The fourth-order valence-electron chi connectivity index (χ4n) is 1.19. The van der Waals surface area contributed by atoms with Crippen molar-refractivity contribution in [1.82, 2.24) is 0 Å². The maximum Gasteiger partial charge on any atom is 0.0369 e. The van der Waals surface area contributed by atoms with Crippen molar-refractivity contribution >= 4 is 15.9 Å². The van der Waals surface area contributed by atoms with E-state index < -0.39 is 0 Å². The molecule has 0 aliphatic rings. The smallest absolute Gasteiger partial charge is 0.0369 e. The Morgan fingerprint density at radius 1 is 1.27 bits per heavy atom. The van der Waals surface area contributed by atoms with Gasteiger partial charge in [-0.2, -0.15) is 0 Å². The second-order valence-corrected chi connectivity index (χ2v) is 4.35. The van der Waals surface area contributed by atoms with Gasteiger partial charge in [0.05, 0.1) is 0 Å². The SMILES string of the molecule is Cc1ccc(C)c(C(C)[79Br])c1. The average Bonchev–Trinajstić information content (AvgIpc) is 1.94. The summed E-state index contributed by atoms with van der Waals surface area (Å²) in [4.78, 5) is 0.461. The van der Waals surface area contributed by atoms with Crippen LogP contribution in [0.2, 0.25) is 0 Å². The Morgan fingerprint density at radius 3 is 2.36 bits per heavy atom. The highest BCUT2D eigenvalue weighted by Gasteiger charge is 2.03. The Hall–Kier alpha value is -0.300. The van der Waals surface area contributed by atoms with E-state index in [-0.39, 0.29) is 0 Å². The van der Waals surface area contributed by atoms with Crippen LogP contribution in [0.1, 0.15) is 28.4 Å². The number of alkyl halides is 1. The number of rotatable bonds is 1. The van der Waals surface area contributed by atoms with Crippen LogP contribution in [-0.2, 0) is 0 Å². The molecule has 1 atom stereocenters. The molecule has 1 rings (SSSR count). The van der Waals surface area contributed by atoms with Crippen LogP contribution in [0, 0.1) is 13.8 Å². The van der Waals surface area contributed by atoms with Gasteiger partial charge in [0, 0.05) is 4.83 Å². The van der Waals surface area contributed by atoms with Gasteiger partial charge in [0.25, 0.3) is 0 Å². The summed E-state index contributed by atoms with van der Waals surface area (Å²) in [5.74, 6) is 0. The van der Waals surface area contributed by atoms with E-state index in [9.17, 15) is 0 Å². The van der Waals surface area contributed by atoms with E-state index in [2.05, 4.69) is 54.9 Å². The zero-order valence-corrected chi connectivity index (χ0v) is 8.77. The maximum absolute atomic E-state index is 3.57. The van der Waals surface area contributed by atoms with E-state index in [1.807, 2.05) is 0 Å². The van der Waals surface area contributed by atoms with Crippen molar-refractivity contribution in [2.24, 2.45) is 0 Å². The molecule has 0 aliphatic heterocycles. The molecule has 0 nitrogen and oxygen atoms in total. The van der Waals surface area contributed by atoms with E-state index in [0.717, 1.165) is 0 Å². The largest absolute Gasteiger partial charge is 0.0842 e. The molecule has 0 saturated heterocycles. The standard InChI is InChI=1S/C10H13Br/c1-7-4-5-8(2)10(6-7)9(3)11/h4-6,9H,1-3H3/i11-1. The minimum atomic E-state index is 0.461. The highest BCUT2D eigenvalue weighted by atomic mass is 78.9. The first-order chi connectivity index (χ1) is 5.11. The van der Waals surface area contributed by atoms with Gasteiger partial charge < -0.3 is 0 Å². The van der Waals surface area contributed by atoms with Crippen molar-refractivity contribution in [3.8, 4) is 0 Å². The molecular formula is C10H13Br. The first kappa shape index (κ1) is 8.79. The van der Waals surface area contributed by atoms with Gasteiger partial charge in [-0.15, -0.1) is 0 Å². The molecule has 1 unspecified atom stereocenters. The zero-order chi connectivity index (χ0) is 8.43. The molecule has 0 radical (unpaired) electrons. The predicted octanol–water partition coefficient (Wildman–Crippen LogP) is 3.76. The van der Waals surface area contributed by atoms with Gasteiger partial charge in [-0.25, -0.2) is 0 Å². The normalized spacial score (nSPS) is 13.1. The van der Waals surface area contributed by atoms with Gasteiger partial charge in [0.2, 0.25) is 0 Å². The molecule has 1 heteroatoms. The fourth-order valence-corrected chi connectivity index (χ4v) is 1.68. The summed E-state index contributed by atoms with van der Waals surface area (Å²) < 4.78 is 0. The summed E-state index contributed by atoms with van der Waals surface area (Å²) >= 11 is 3.57. The highest BCUT2D eigenvalue weighted by molar-refractivity contribution is 9.09. The van der Waals surface area contributed by atoms with Crippen LogP contribution >= 0.6 is 15.9 Å². The number of hydrogen-bond acceptors (Lipinski definition) is 0. The van der Waals surface area contributed by atoms with Gasteiger partial charge in [-0.3, -0.25) is 0 Å². The monoisotopic (exact) mass is 212 g/mol. The summed E-state index contributed by atoms with van der Waals surface area (Å²) in [6, 6.07) is 6.55. The lowest BCUT2D eigenvalue weighted by Crippen LogP contribution is -1.89.